The molecule has 1 aromatic carbocycles. The molecular weight excluding hydrogens is 179 g/mol. The molecule has 2 N–H and O–H groups in total. The van der Waals surface area contributed by atoms with E-state index in [1.165, 1.54) is 12.1 Å². The van der Waals surface area contributed by atoms with Gasteiger partial charge < -0.3 is 10.6 Å². The van der Waals surface area contributed by atoms with Gasteiger partial charge in [0, 0.05) is 13.6 Å². The lowest BCUT2D eigenvalue weighted by atomic mass is 10.2. The quantitative estimate of drug-likeness (QED) is 0.591. The van der Waals surface area contributed by atoms with Crippen molar-refractivity contribution < 1.29 is 4.39 Å². The van der Waals surface area contributed by atoms with Gasteiger partial charge in [-0.05, 0) is 25.1 Å². The fourth-order valence-corrected chi connectivity index (χ4v) is 1.34. The van der Waals surface area contributed by atoms with Crippen molar-refractivity contribution in [2.75, 3.05) is 24.2 Å². The second-order valence-corrected chi connectivity index (χ2v) is 3.52. The molecule has 0 aliphatic carbocycles. The van der Waals surface area contributed by atoms with Crippen LogP contribution >= 0.6 is 0 Å². The maximum Gasteiger partial charge on any atom is 0.125 e. The molecule has 2 nitrogen and oxygen atoms in total. The van der Waals surface area contributed by atoms with Crippen LogP contribution in [0.3, 0.4) is 0 Å². The van der Waals surface area contributed by atoms with E-state index in [1.807, 2.05) is 18.9 Å². The molecule has 0 atom stereocenters. The first-order valence-corrected chi connectivity index (χ1v) is 4.41. The molecule has 0 unspecified atom stereocenters. The molecule has 0 aliphatic heterocycles. The largest absolute Gasteiger partial charge is 0.397 e. The van der Waals surface area contributed by atoms with Crippen molar-refractivity contribution in [2.24, 2.45) is 0 Å². The van der Waals surface area contributed by atoms with E-state index in [9.17, 15) is 4.39 Å². The Balaban J connectivity index is 2.93. The number of nitrogen functional groups attached to an aromatic ring is 1. The highest BCUT2D eigenvalue weighted by Gasteiger charge is 2.06. The zero-order chi connectivity index (χ0) is 10.7. The minimum Gasteiger partial charge on any atom is -0.397 e. The summed E-state index contributed by atoms with van der Waals surface area (Å²) in [4.78, 5) is 1.88. The third-order valence-corrected chi connectivity index (χ3v) is 1.91. The summed E-state index contributed by atoms with van der Waals surface area (Å²) < 4.78 is 12.9. The second-order valence-electron chi connectivity index (χ2n) is 3.52. The number of benzene rings is 1. The van der Waals surface area contributed by atoms with Crippen LogP contribution in [0.1, 0.15) is 6.92 Å². The molecule has 76 valence electrons. The van der Waals surface area contributed by atoms with Crippen LogP contribution in [0.25, 0.3) is 0 Å². The van der Waals surface area contributed by atoms with E-state index < -0.39 is 0 Å². The Morgan fingerprint density at radius 3 is 2.79 bits per heavy atom. The number of halogens is 1. The molecule has 1 rings (SSSR count). The predicted octanol–water partition coefficient (Wildman–Crippen LogP) is 2.42. The molecule has 0 amide bonds. The van der Waals surface area contributed by atoms with Gasteiger partial charge in [-0.15, -0.1) is 0 Å². The Morgan fingerprint density at radius 2 is 2.21 bits per heavy atom. The summed E-state index contributed by atoms with van der Waals surface area (Å²) >= 11 is 0. The highest BCUT2D eigenvalue weighted by molar-refractivity contribution is 5.67. The standard InChI is InChI=1S/C11H15FN2/c1-8(2)7-14(3)11-6-9(12)4-5-10(11)13/h4-6H,1,7,13H2,2-3H3. The zero-order valence-corrected chi connectivity index (χ0v) is 8.55. The van der Waals surface area contributed by atoms with Crippen molar-refractivity contribution in [3.63, 3.8) is 0 Å². The van der Waals surface area contributed by atoms with E-state index in [4.69, 9.17) is 5.73 Å². The van der Waals surface area contributed by atoms with Crippen LogP contribution in [-0.2, 0) is 0 Å². The van der Waals surface area contributed by atoms with Crippen LogP contribution in [0.4, 0.5) is 15.8 Å². The minimum absolute atomic E-state index is 0.275. The molecule has 1 aromatic rings. The minimum atomic E-state index is -0.275. The van der Waals surface area contributed by atoms with Crippen molar-refractivity contribution in [3.8, 4) is 0 Å². The Morgan fingerprint density at radius 1 is 1.57 bits per heavy atom. The lowest BCUT2D eigenvalue weighted by Crippen LogP contribution is -2.20. The molecule has 3 heteroatoms. The molecular formula is C11H15FN2. The van der Waals surface area contributed by atoms with Crippen LogP contribution in [-0.4, -0.2) is 13.6 Å². The van der Waals surface area contributed by atoms with Crippen molar-refractivity contribution in [1.82, 2.24) is 0 Å². The third-order valence-electron chi connectivity index (χ3n) is 1.91. The van der Waals surface area contributed by atoms with Gasteiger partial charge in [-0.25, -0.2) is 4.39 Å². The Labute approximate surface area is 83.8 Å². The highest BCUT2D eigenvalue weighted by Crippen LogP contribution is 2.23. The predicted molar refractivity (Wildman–Crippen MR) is 58.9 cm³/mol. The van der Waals surface area contributed by atoms with Gasteiger partial charge in [0.05, 0.1) is 11.4 Å². The van der Waals surface area contributed by atoms with Gasteiger partial charge in [0.15, 0.2) is 0 Å². The Hall–Kier alpha value is -1.51. The fraction of sp³-hybridized carbons (Fsp3) is 0.273. The topological polar surface area (TPSA) is 29.3 Å². The first-order chi connectivity index (χ1) is 6.50. The molecule has 0 saturated heterocycles. The van der Waals surface area contributed by atoms with Crippen LogP contribution in [0.15, 0.2) is 30.4 Å². The van der Waals surface area contributed by atoms with Crippen LogP contribution in [0, 0.1) is 5.82 Å². The lowest BCUT2D eigenvalue weighted by Gasteiger charge is -2.21. The first-order valence-electron chi connectivity index (χ1n) is 4.41. The number of nitrogens with two attached hydrogens (primary N) is 1. The molecule has 0 bridgehead atoms. The van der Waals surface area contributed by atoms with E-state index in [0.29, 0.717) is 17.9 Å². The molecule has 0 spiro atoms. The number of rotatable bonds is 3. The molecule has 0 radical (unpaired) electrons. The maximum absolute atomic E-state index is 12.9. The zero-order valence-electron chi connectivity index (χ0n) is 8.55. The van der Waals surface area contributed by atoms with Gasteiger partial charge >= 0.3 is 0 Å². The number of nitrogens with zero attached hydrogens (tertiary/aromatic N) is 1. The second kappa shape index (κ2) is 4.13. The van der Waals surface area contributed by atoms with Gasteiger partial charge in [0.1, 0.15) is 5.82 Å². The SMILES string of the molecule is C=C(C)CN(C)c1cc(F)ccc1N. The maximum atomic E-state index is 12.9. The molecule has 0 heterocycles. The smallest absolute Gasteiger partial charge is 0.125 e. The van der Waals surface area contributed by atoms with E-state index >= 15 is 0 Å². The van der Waals surface area contributed by atoms with Crippen molar-refractivity contribution in [1.29, 1.82) is 0 Å². The van der Waals surface area contributed by atoms with Crippen molar-refractivity contribution in [2.45, 2.75) is 6.92 Å². The van der Waals surface area contributed by atoms with E-state index in [2.05, 4.69) is 6.58 Å². The summed E-state index contributed by atoms with van der Waals surface area (Å²) in [5.74, 6) is -0.275. The van der Waals surface area contributed by atoms with E-state index in [0.717, 1.165) is 5.57 Å². The first kappa shape index (κ1) is 10.6. The summed E-state index contributed by atoms with van der Waals surface area (Å²) in [5.41, 5.74) is 8.02. The van der Waals surface area contributed by atoms with Crippen LogP contribution in [0.2, 0.25) is 0 Å². The average Bonchev–Trinajstić information content (AvgIpc) is 2.08. The number of anilines is 2. The number of hydrogen-bond acceptors (Lipinski definition) is 2. The molecule has 0 fully saturated rings. The molecule has 14 heavy (non-hydrogen) atoms. The molecule has 0 aliphatic rings. The van der Waals surface area contributed by atoms with Gasteiger partial charge in [-0.2, -0.15) is 0 Å². The van der Waals surface area contributed by atoms with Crippen molar-refractivity contribution >= 4 is 11.4 Å². The van der Waals surface area contributed by atoms with Gasteiger partial charge in [-0.1, -0.05) is 12.2 Å². The van der Waals surface area contributed by atoms with E-state index in [1.54, 1.807) is 6.07 Å². The molecule has 0 aromatic heterocycles. The average molecular weight is 194 g/mol. The van der Waals surface area contributed by atoms with Gasteiger partial charge in [0.25, 0.3) is 0 Å². The summed E-state index contributed by atoms with van der Waals surface area (Å²) in [6.07, 6.45) is 0. The Kier molecular flexibility index (Phi) is 3.12. The van der Waals surface area contributed by atoms with Gasteiger partial charge in [0.2, 0.25) is 0 Å². The lowest BCUT2D eigenvalue weighted by molar-refractivity contribution is 0.627. The number of hydrogen-bond donors (Lipinski definition) is 1. The summed E-state index contributed by atoms with van der Waals surface area (Å²) in [6, 6.07) is 4.35. The molecule has 0 saturated carbocycles. The van der Waals surface area contributed by atoms with Crippen molar-refractivity contribution in [3.05, 3.63) is 36.2 Å². The normalized spacial score (nSPS) is 9.93. The van der Waals surface area contributed by atoms with Crippen LogP contribution in [0.5, 0.6) is 0 Å². The monoisotopic (exact) mass is 194 g/mol. The summed E-state index contributed by atoms with van der Waals surface area (Å²) in [6.45, 7) is 6.39. The summed E-state index contributed by atoms with van der Waals surface area (Å²) in [5, 5.41) is 0. The van der Waals surface area contributed by atoms with Crippen LogP contribution < -0.4 is 10.6 Å². The third kappa shape index (κ3) is 2.49. The number of likely N-dealkylation sites (N-methyl/N-ethyl adjacent to an activating group) is 1. The summed E-state index contributed by atoms with van der Waals surface area (Å²) in [7, 11) is 1.86. The fourth-order valence-electron chi connectivity index (χ4n) is 1.34. The highest BCUT2D eigenvalue weighted by atomic mass is 19.1. The van der Waals surface area contributed by atoms with Gasteiger partial charge in [-0.3, -0.25) is 0 Å². The van der Waals surface area contributed by atoms with E-state index in [-0.39, 0.29) is 5.82 Å². The Bertz CT molecular complexity index is 347.